The van der Waals surface area contributed by atoms with Gasteiger partial charge in [0.2, 0.25) is 5.75 Å². The first kappa shape index (κ1) is 20.5. The van der Waals surface area contributed by atoms with Crippen molar-refractivity contribution < 1.29 is 19.0 Å². The van der Waals surface area contributed by atoms with Gasteiger partial charge in [-0.3, -0.25) is 4.79 Å². The van der Waals surface area contributed by atoms with Gasteiger partial charge >= 0.3 is 0 Å². The molecular formula is C18H22N4O4S. The minimum atomic E-state index is -0.265. The minimum absolute atomic E-state index is 0.156. The monoisotopic (exact) mass is 390 g/mol. The van der Waals surface area contributed by atoms with Gasteiger partial charge in [0.05, 0.1) is 33.3 Å². The second-order valence-electron chi connectivity index (χ2n) is 5.44. The zero-order chi connectivity index (χ0) is 19.8. The van der Waals surface area contributed by atoms with E-state index < -0.39 is 0 Å². The maximum absolute atomic E-state index is 12.0. The Hall–Kier alpha value is -2.81. The van der Waals surface area contributed by atoms with Crippen LogP contribution in [-0.4, -0.2) is 49.2 Å². The Kier molecular flexibility index (Phi) is 7.42. The van der Waals surface area contributed by atoms with Gasteiger partial charge in [0.1, 0.15) is 0 Å². The van der Waals surface area contributed by atoms with Crippen molar-refractivity contribution in [3.05, 3.63) is 35.2 Å². The third-order valence-electron chi connectivity index (χ3n) is 3.42. The van der Waals surface area contributed by atoms with E-state index in [0.717, 1.165) is 11.4 Å². The van der Waals surface area contributed by atoms with Crippen LogP contribution < -0.4 is 19.6 Å². The highest BCUT2D eigenvalue weighted by Crippen LogP contribution is 2.38. The lowest BCUT2D eigenvalue weighted by molar-refractivity contribution is -0.118. The standard InChI is InChI=1S/C18H22N4O4S/c1-11-8-12(2)21-18(20-11)27-10-15(23)22-19-9-13-6-7-14(24-3)17(26-5)16(13)25-4/h6-9H,10H2,1-5H3,(H,22,23). The topological polar surface area (TPSA) is 94.9 Å². The number of benzene rings is 1. The van der Waals surface area contributed by atoms with Crippen molar-refractivity contribution in [1.29, 1.82) is 0 Å². The number of nitrogens with zero attached hydrogens (tertiary/aromatic N) is 3. The number of hydrazone groups is 1. The van der Waals surface area contributed by atoms with Gasteiger partial charge in [-0.15, -0.1) is 0 Å². The molecule has 1 aromatic carbocycles. The molecular weight excluding hydrogens is 368 g/mol. The number of hydrogen-bond donors (Lipinski definition) is 1. The molecule has 1 N–H and O–H groups in total. The van der Waals surface area contributed by atoms with Crippen LogP contribution in [0.2, 0.25) is 0 Å². The van der Waals surface area contributed by atoms with Crippen LogP contribution >= 0.6 is 11.8 Å². The van der Waals surface area contributed by atoms with E-state index in [2.05, 4.69) is 20.5 Å². The lowest BCUT2D eigenvalue weighted by atomic mass is 10.2. The van der Waals surface area contributed by atoms with Crippen LogP contribution in [0.5, 0.6) is 17.2 Å². The molecule has 9 heteroatoms. The van der Waals surface area contributed by atoms with Gasteiger partial charge in [0, 0.05) is 17.0 Å². The number of carbonyl (C=O) groups is 1. The van der Waals surface area contributed by atoms with E-state index in [1.54, 1.807) is 19.2 Å². The van der Waals surface area contributed by atoms with Crippen LogP contribution in [0.4, 0.5) is 0 Å². The summed E-state index contributed by atoms with van der Waals surface area (Å²) in [5.41, 5.74) is 4.84. The molecule has 0 atom stereocenters. The van der Waals surface area contributed by atoms with E-state index in [4.69, 9.17) is 14.2 Å². The molecule has 0 bridgehead atoms. The quantitative estimate of drug-likeness (QED) is 0.320. The molecule has 0 spiro atoms. The molecule has 2 aromatic rings. The molecule has 8 nitrogen and oxygen atoms in total. The summed E-state index contributed by atoms with van der Waals surface area (Å²) in [5.74, 6) is 1.35. The molecule has 0 saturated carbocycles. The Bertz CT molecular complexity index is 822. The number of methoxy groups -OCH3 is 3. The van der Waals surface area contributed by atoms with Crippen LogP contribution in [0.1, 0.15) is 17.0 Å². The number of nitrogens with one attached hydrogen (secondary N) is 1. The number of rotatable bonds is 8. The zero-order valence-electron chi connectivity index (χ0n) is 15.9. The van der Waals surface area contributed by atoms with Crippen LogP contribution in [0, 0.1) is 13.8 Å². The first-order valence-electron chi connectivity index (χ1n) is 8.04. The molecule has 0 saturated heterocycles. The van der Waals surface area contributed by atoms with Crippen molar-refractivity contribution in [1.82, 2.24) is 15.4 Å². The first-order chi connectivity index (χ1) is 13.0. The van der Waals surface area contributed by atoms with Gasteiger partial charge in [-0.1, -0.05) is 11.8 Å². The van der Waals surface area contributed by atoms with E-state index in [9.17, 15) is 4.79 Å². The molecule has 0 radical (unpaired) electrons. The van der Waals surface area contributed by atoms with E-state index in [0.29, 0.717) is 28.0 Å². The summed E-state index contributed by atoms with van der Waals surface area (Å²) in [5, 5.41) is 4.54. The van der Waals surface area contributed by atoms with Crippen LogP contribution in [0.25, 0.3) is 0 Å². The fraction of sp³-hybridized carbons (Fsp3) is 0.333. The van der Waals surface area contributed by atoms with E-state index >= 15 is 0 Å². The van der Waals surface area contributed by atoms with Crippen molar-refractivity contribution in [2.24, 2.45) is 5.10 Å². The van der Waals surface area contributed by atoms with E-state index in [1.165, 1.54) is 32.2 Å². The Morgan fingerprint density at radius 3 is 2.37 bits per heavy atom. The molecule has 1 heterocycles. The summed E-state index contributed by atoms with van der Waals surface area (Å²) >= 11 is 1.25. The fourth-order valence-corrected chi connectivity index (χ4v) is 3.06. The molecule has 27 heavy (non-hydrogen) atoms. The fourth-order valence-electron chi connectivity index (χ4n) is 2.32. The molecule has 144 valence electrons. The lowest BCUT2D eigenvalue weighted by Crippen LogP contribution is -2.20. The number of thioether (sulfide) groups is 1. The van der Waals surface area contributed by atoms with E-state index in [-0.39, 0.29) is 11.7 Å². The highest BCUT2D eigenvalue weighted by atomic mass is 32.2. The third kappa shape index (κ3) is 5.58. The van der Waals surface area contributed by atoms with Crippen LogP contribution in [0.3, 0.4) is 0 Å². The summed E-state index contributed by atoms with van der Waals surface area (Å²) in [4.78, 5) is 20.5. The smallest absolute Gasteiger partial charge is 0.250 e. The van der Waals surface area contributed by atoms with Crippen LogP contribution in [0.15, 0.2) is 28.5 Å². The number of ether oxygens (including phenoxy) is 3. The lowest BCUT2D eigenvalue weighted by Gasteiger charge is -2.13. The highest BCUT2D eigenvalue weighted by Gasteiger charge is 2.14. The minimum Gasteiger partial charge on any atom is -0.493 e. The van der Waals surface area contributed by atoms with Crippen molar-refractivity contribution in [2.75, 3.05) is 27.1 Å². The number of hydrogen-bond acceptors (Lipinski definition) is 8. The largest absolute Gasteiger partial charge is 0.493 e. The van der Waals surface area contributed by atoms with Gasteiger partial charge in [-0.2, -0.15) is 5.10 Å². The third-order valence-corrected chi connectivity index (χ3v) is 4.27. The first-order valence-corrected chi connectivity index (χ1v) is 9.03. The molecule has 0 fully saturated rings. The Labute approximate surface area is 162 Å². The van der Waals surface area contributed by atoms with Crippen molar-refractivity contribution in [3.63, 3.8) is 0 Å². The van der Waals surface area contributed by atoms with Gasteiger partial charge in [0.25, 0.3) is 5.91 Å². The van der Waals surface area contributed by atoms with E-state index in [1.807, 2.05) is 19.9 Å². The molecule has 0 unspecified atom stereocenters. The second kappa shape index (κ2) is 9.77. The Morgan fingerprint density at radius 2 is 1.78 bits per heavy atom. The normalized spacial score (nSPS) is 10.7. The Morgan fingerprint density at radius 1 is 1.11 bits per heavy atom. The van der Waals surface area contributed by atoms with Gasteiger partial charge in [-0.05, 0) is 32.0 Å². The maximum Gasteiger partial charge on any atom is 0.250 e. The summed E-state index contributed by atoms with van der Waals surface area (Å²) < 4.78 is 15.9. The predicted octanol–water partition coefficient (Wildman–Crippen LogP) is 2.36. The average molecular weight is 390 g/mol. The maximum atomic E-state index is 12.0. The highest BCUT2D eigenvalue weighted by molar-refractivity contribution is 7.99. The number of carbonyl (C=O) groups excluding carboxylic acids is 1. The molecule has 1 amide bonds. The summed E-state index contributed by atoms with van der Waals surface area (Å²) in [7, 11) is 4.59. The van der Waals surface area contributed by atoms with Crippen molar-refractivity contribution in [2.45, 2.75) is 19.0 Å². The van der Waals surface area contributed by atoms with Crippen molar-refractivity contribution in [3.8, 4) is 17.2 Å². The van der Waals surface area contributed by atoms with Crippen LogP contribution in [-0.2, 0) is 4.79 Å². The summed E-state index contributed by atoms with van der Waals surface area (Å²) in [6, 6.07) is 5.37. The molecule has 0 aliphatic rings. The summed E-state index contributed by atoms with van der Waals surface area (Å²) in [6.07, 6.45) is 1.48. The molecule has 0 aliphatic heterocycles. The molecule has 1 aromatic heterocycles. The summed E-state index contributed by atoms with van der Waals surface area (Å²) in [6.45, 7) is 3.78. The number of amides is 1. The number of aromatic nitrogens is 2. The van der Waals surface area contributed by atoms with Gasteiger partial charge in [-0.25, -0.2) is 15.4 Å². The van der Waals surface area contributed by atoms with Gasteiger partial charge < -0.3 is 14.2 Å². The zero-order valence-corrected chi connectivity index (χ0v) is 16.7. The van der Waals surface area contributed by atoms with Gasteiger partial charge in [0.15, 0.2) is 16.7 Å². The molecule has 2 rings (SSSR count). The number of aryl methyl sites for hydroxylation is 2. The SMILES string of the molecule is COc1ccc(C=NNC(=O)CSc2nc(C)cc(C)n2)c(OC)c1OC. The Balaban J connectivity index is 1.99. The second-order valence-corrected chi connectivity index (χ2v) is 6.38. The molecule has 0 aliphatic carbocycles. The average Bonchev–Trinajstić information content (AvgIpc) is 2.64. The predicted molar refractivity (Wildman–Crippen MR) is 104 cm³/mol. The van der Waals surface area contributed by atoms with Crippen molar-refractivity contribution >= 4 is 23.9 Å².